The van der Waals surface area contributed by atoms with Crippen LogP contribution in [0, 0.1) is 6.92 Å². The zero-order chi connectivity index (χ0) is 11.3. The van der Waals surface area contributed by atoms with Crippen molar-refractivity contribution in [2.24, 2.45) is 0 Å². The van der Waals surface area contributed by atoms with Crippen molar-refractivity contribution in [2.75, 3.05) is 0 Å². The minimum Gasteiger partial charge on any atom is -0.182 e. The Labute approximate surface area is 83.1 Å². The number of nitrogens with zero attached hydrogens (tertiary/aromatic N) is 3. The molecule has 0 amide bonds. The molecule has 0 radical (unpaired) electrons. The summed E-state index contributed by atoms with van der Waals surface area (Å²) in [4.78, 5) is 0.449. The second-order valence-electron chi connectivity index (χ2n) is 2.92. The quantitative estimate of drug-likeness (QED) is 0.742. The molecular weight excluding hydrogens is 188 g/mol. The van der Waals surface area contributed by atoms with Gasteiger partial charge >= 0.3 is 6.55 Å². The zero-order valence-corrected chi connectivity index (χ0v) is 9.25. The second-order valence-corrected chi connectivity index (χ2v) is 2.92. The summed E-state index contributed by atoms with van der Waals surface area (Å²) in [6, 6.07) is 0. The molecule has 0 spiro atoms. The van der Waals surface area contributed by atoms with Gasteiger partial charge < -0.3 is 0 Å². The highest BCUT2D eigenvalue weighted by Crippen LogP contribution is 2.16. The minimum absolute atomic E-state index is 0.137. The van der Waals surface area contributed by atoms with Gasteiger partial charge in [0.05, 0.1) is 11.4 Å². The zero-order valence-electron chi connectivity index (χ0n) is 9.25. The fourth-order valence-electron chi connectivity index (χ4n) is 1.03. The number of aryl methyl sites for hydroxylation is 1. The van der Waals surface area contributed by atoms with Gasteiger partial charge in [0.15, 0.2) is 0 Å². The van der Waals surface area contributed by atoms with Crippen molar-refractivity contribution in [3.63, 3.8) is 0 Å². The predicted molar refractivity (Wildman–Crippen MR) is 51.4 cm³/mol. The van der Waals surface area contributed by atoms with Gasteiger partial charge in [-0.1, -0.05) is 27.7 Å². The van der Waals surface area contributed by atoms with Gasteiger partial charge in [0.25, 0.3) is 0 Å². The SMILES string of the molecule is CC.Cc1nn(C(F)F)nc1C(C)C. The molecule has 1 heterocycles. The van der Waals surface area contributed by atoms with E-state index in [1.807, 2.05) is 27.7 Å². The van der Waals surface area contributed by atoms with Gasteiger partial charge in [0.1, 0.15) is 0 Å². The molecule has 0 saturated carbocycles. The molecule has 0 atom stereocenters. The molecule has 1 aromatic heterocycles. The number of halogens is 2. The van der Waals surface area contributed by atoms with Crippen LogP contribution in [0.1, 0.15) is 51.6 Å². The number of hydrogen-bond acceptors (Lipinski definition) is 2. The average Bonchev–Trinajstić information content (AvgIpc) is 2.51. The van der Waals surface area contributed by atoms with E-state index in [4.69, 9.17) is 0 Å². The summed E-state index contributed by atoms with van der Waals surface area (Å²) in [6.07, 6.45) is 0. The first-order valence-electron chi connectivity index (χ1n) is 4.74. The molecule has 82 valence electrons. The Kier molecular flexibility index (Phi) is 5.27. The van der Waals surface area contributed by atoms with Crippen LogP contribution >= 0.6 is 0 Å². The molecule has 1 rings (SSSR count). The average molecular weight is 205 g/mol. The van der Waals surface area contributed by atoms with Crippen LogP contribution in [0.2, 0.25) is 0 Å². The molecule has 0 unspecified atom stereocenters. The van der Waals surface area contributed by atoms with Crippen LogP contribution in [-0.4, -0.2) is 15.0 Å². The maximum atomic E-state index is 12.1. The van der Waals surface area contributed by atoms with Crippen LogP contribution in [0.5, 0.6) is 0 Å². The van der Waals surface area contributed by atoms with E-state index in [2.05, 4.69) is 10.2 Å². The molecule has 0 aliphatic carbocycles. The van der Waals surface area contributed by atoms with Gasteiger partial charge in [-0.2, -0.15) is 19.0 Å². The van der Waals surface area contributed by atoms with Gasteiger partial charge in [-0.05, 0) is 12.8 Å². The number of aromatic nitrogens is 3. The van der Waals surface area contributed by atoms with E-state index in [1.165, 1.54) is 0 Å². The Morgan fingerprint density at radius 3 is 1.86 bits per heavy atom. The Bertz CT molecular complexity index is 269. The van der Waals surface area contributed by atoms with E-state index >= 15 is 0 Å². The Hall–Kier alpha value is -1.00. The largest absolute Gasteiger partial charge is 0.348 e. The van der Waals surface area contributed by atoms with Crippen molar-refractivity contribution in [1.29, 1.82) is 0 Å². The third-order valence-electron chi connectivity index (χ3n) is 1.55. The third-order valence-corrected chi connectivity index (χ3v) is 1.55. The van der Waals surface area contributed by atoms with Crippen LogP contribution < -0.4 is 0 Å². The highest BCUT2D eigenvalue weighted by Gasteiger charge is 2.14. The molecule has 0 fully saturated rings. The fraction of sp³-hybridized carbons (Fsp3) is 0.778. The summed E-state index contributed by atoms with van der Waals surface area (Å²) in [7, 11) is 0. The van der Waals surface area contributed by atoms with Crippen molar-refractivity contribution in [2.45, 2.75) is 47.1 Å². The first-order chi connectivity index (χ1) is 6.52. The highest BCUT2D eigenvalue weighted by atomic mass is 19.3. The molecule has 0 saturated heterocycles. The van der Waals surface area contributed by atoms with E-state index < -0.39 is 6.55 Å². The second kappa shape index (κ2) is 5.67. The molecular formula is C9H17F2N3. The normalized spacial score (nSPS) is 10.4. The molecule has 1 aromatic rings. The van der Waals surface area contributed by atoms with E-state index in [0.717, 1.165) is 0 Å². The number of hydrogen-bond donors (Lipinski definition) is 0. The van der Waals surface area contributed by atoms with Crippen LogP contribution in [-0.2, 0) is 0 Å². The first-order valence-corrected chi connectivity index (χ1v) is 4.74. The lowest BCUT2D eigenvalue weighted by molar-refractivity contribution is 0.0406. The van der Waals surface area contributed by atoms with Crippen molar-refractivity contribution < 1.29 is 8.78 Å². The van der Waals surface area contributed by atoms with Crippen molar-refractivity contribution >= 4 is 0 Å². The molecule has 0 aromatic carbocycles. The van der Waals surface area contributed by atoms with Gasteiger partial charge in [-0.15, -0.1) is 4.80 Å². The van der Waals surface area contributed by atoms with Gasteiger partial charge in [0.2, 0.25) is 0 Å². The molecule has 0 bridgehead atoms. The van der Waals surface area contributed by atoms with Gasteiger partial charge in [-0.3, -0.25) is 0 Å². The lowest BCUT2D eigenvalue weighted by Gasteiger charge is -1.98. The van der Waals surface area contributed by atoms with Crippen molar-refractivity contribution in [3.8, 4) is 0 Å². The van der Waals surface area contributed by atoms with Crippen LogP contribution in [0.25, 0.3) is 0 Å². The summed E-state index contributed by atoms with van der Waals surface area (Å²) in [5, 5.41) is 7.25. The number of rotatable bonds is 2. The lowest BCUT2D eigenvalue weighted by Crippen LogP contribution is -2.03. The van der Waals surface area contributed by atoms with Crippen molar-refractivity contribution in [3.05, 3.63) is 11.4 Å². The van der Waals surface area contributed by atoms with E-state index in [0.29, 0.717) is 16.2 Å². The Morgan fingerprint density at radius 2 is 1.64 bits per heavy atom. The van der Waals surface area contributed by atoms with Gasteiger partial charge in [-0.25, -0.2) is 0 Å². The molecule has 14 heavy (non-hydrogen) atoms. The van der Waals surface area contributed by atoms with E-state index in [9.17, 15) is 8.78 Å². The standard InChI is InChI=1S/C7H11F2N3.C2H6/c1-4(2)6-5(3)10-12(11-6)7(8)9;1-2/h4,7H,1-3H3;1-2H3. The molecule has 5 heteroatoms. The summed E-state index contributed by atoms with van der Waals surface area (Å²) < 4.78 is 24.1. The molecule has 0 N–H and O–H groups in total. The third kappa shape index (κ3) is 3.05. The lowest BCUT2D eigenvalue weighted by atomic mass is 10.1. The monoisotopic (exact) mass is 205 g/mol. The molecule has 3 nitrogen and oxygen atoms in total. The molecule has 0 aliphatic rings. The minimum atomic E-state index is -2.64. The topological polar surface area (TPSA) is 30.7 Å². The van der Waals surface area contributed by atoms with Crippen molar-refractivity contribution in [1.82, 2.24) is 15.0 Å². The van der Waals surface area contributed by atoms with Gasteiger partial charge in [0, 0.05) is 0 Å². The van der Waals surface area contributed by atoms with Crippen LogP contribution in [0.15, 0.2) is 0 Å². The first kappa shape index (κ1) is 13.0. The summed E-state index contributed by atoms with van der Waals surface area (Å²) in [6.45, 7) is 6.83. The van der Waals surface area contributed by atoms with Crippen LogP contribution in [0.3, 0.4) is 0 Å². The Balaban J connectivity index is 0.000000791. The maximum Gasteiger partial charge on any atom is 0.348 e. The Morgan fingerprint density at radius 1 is 1.14 bits per heavy atom. The summed E-state index contributed by atoms with van der Waals surface area (Å²) in [5.41, 5.74) is 1.21. The fourth-order valence-corrected chi connectivity index (χ4v) is 1.03. The summed E-state index contributed by atoms with van der Waals surface area (Å²) >= 11 is 0. The van der Waals surface area contributed by atoms with Crippen LogP contribution in [0.4, 0.5) is 8.78 Å². The summed E-state index contributed by atoms with van der Waals surface area (Å²) in [5.74, 6) is 0.137. The van der Waals surface area contributed by atoms with E-state index in [-0.39, 0.29) is 5.92 Å². The maximum absolute atomic E-state index is 12.1. The highest BCUT2D eigenvalue weighted by molar-refractivity contribution is 5.10. The van der Waals surface area contributed by atoms with E-state index in [1.54, 1.807) is 6.92 Å². The predicted octanol–water partition coefficient (Wildman–Crippen LogP) is 3.13. The number of alkyl halides is 2. The molecule has 0 aliphatic heterocycles. The smallest absolute Gasteiger partial charge is 0.182 e.